The van der Waals surface area contributed by atoms with Gasteiger partial charge in [0.2, 0.25) is 0 Å². The van der Waals surface area contributed by atoms with Crippen molar-refractivity contribution in [1.82, 2.24) is 15.1 Å². The Balaban J connectivity index is 1.89. The number of nitrogens with one attached hydrogen (secondary N) is 1. The molecule has 0 radical (unpaired) electrons. The molecule has 0 unspecified atom stereocenters. The third-order valence-corrected chi connectivity index (χ3v) is 4.17. The molecule has 0 spiro atoms. The second kappa shape index (κ2) is 5.41. The van der Waals surface area contributed by atoms with Gasteiger partial charge in [0.25, 0.3) is 0 Å². The highest BCUT2D eigenvalue weighted by molar-refractivity contribution is 5.69. The van der Waals surface area contributed by atoms with Crippen molar-refractivity contribution in [3.8, 4) is 11.1 Å². The first kappa shape index (κ1) is 13.4. The molecule has 1 aromatic carbocycles. The van der Waals surface area contributed by atoms with E-state index >= 15 is 0 Å². The predicted molar refractivity (Wildman–Crippen MR) is 82.7 cm³/mol. The molecule has 1 heterocycles. The topological polar surface area (TPSA) is 29.9 Å². The fourth-order valence-corrected chi connectivity index (χ4v) is 2.65. The van der Waals surface area contributed by atoms with Gasteiger partial charge in [-0.2, -0.15) is 5.10 Å². The fourth-order valence-electron chi connectivity index (χ4n) is 2.65. The second-order valence-electron chi connectivity index (χ2n) is 5.76. The molecule has 1 aliphatic rings. The van der Waals surface area contributed by atoms with Gasteiger partial charge < -0.3 is 5.32 Å². The molecule has 3 nitrogen and oxygen atoms in total. The lowest BCUT2D eigenvalue weighted by Crippen LogP contribution is -2.15. The van der Waals surface area contributed by atoms with E-state index < -0.39 is 0 Å². The highest BCUT2D eigenvalue weighted by atomic mass is 15.3. The molecule has 106 valence electrons. The van der Waals surface area contributed by atoms with Crippen molar-refractivity contribution in [3.63, 3.8) is 0 Å². The van der Waals surface area contributed by atoms with Crippen molar-refractivity contribution in [3.05, 3.63) is 41.2 Å². The van der Waals surface area contributed by atoms with Crippen molar-refractivity contribution in [2.24, 2.45) is 0 Å². The molecule has 0 atom stereocenters. The number of rotatable bonds is 5. The molecule has 1 aromatic heterocycles. The second-order valence-corrected chi connectivity index (χ2v) is 5.76. The normalized spacial score (nSPS) is 14.8. The summed E-state index contributed by atoms with van der Waals surface area (Å²) < 4.78 is 2.06. The molecule has 0 saturated heterocycles. The molecule has 1 fully saturated rings. The average Bonchev–Trinajstić information content (AvgIpc) is 3.21. The van der Waals surface area contributed by atoms with Crippen LogP contribution in [0.4, 0.5) is 0 Å². The first-order valence-electron chi connectivity index (χ1n) is 7.54. The van der Waals surface area contributed by atoms with E-state index in [0.29, 0.717) is 0 Å². The van der Waals surface area contributed by atoms with Crippen molar-refractivity contribution in [2.45, 2.75) is 52.7 Å². The van der Waals surface area contributed by atoms with Gasteiger partial charge in [0.1, 0.15) is 0 Å². The molecular weight excluding hydrogens is 246 g/mol. The molecule has 3 rings (SSSR count). The summed E-state index contributed by atoms with van der Waals surface area (Å²) in [5.41, 5.74) is 6.51. The zero-order chi connectivity index (χ0) is 14.1. The number of aryl methyl sites for hydroxylation is 2. The van der Waals surface area contributed by atoms with Gasteiger partial charge in [0, 0.05) is 30.4 Å². The minimum absolute atomic E-state index is 0.754. The molecule has 1 aliphatic carbocycles. The Hall–Kier alpha value is -1.61. The predicted octanol–water partition coefficient (Wildman–Crippen LogP) is 3.44. The summed E-state index contributed by atoms with van der Waals surface area (Å²) in [7, 11) is 0. The van der Waals surface area contributed by atoms with Crippen molar-refractivity contribution < 1.29 is 0 Å². The molecule has 2 aromatic rings. The van der Waals surface area contributed by atoms with Crippen LogP contribution < -0.4 is 5.32 Å². The summed E-state index contributed by atoms with van der Waals surface area (Å²) in [4.78, 5) is 0. The van der Waals surface area contributed by atoms with Crippen molar-refractivity contribution >= 4 is 0 Å². The monoisotopic (exact) mass is 269 g/mol. The zero-order valence-corrected chi connectivity index (χ0v) is 12.6. The third-order valence-electron chi connectivity index (χ3n) is 4.17. The number of hydrogen-bond acceptors (Lipinski definition) is 2. The maximum atomic E-state index is 4.47. The number of benzene rings is 1. The maximum Gasteiger partial charge on any atom is 0.0571 e. The molecular formula is C17H23N3. The quantitative estimate of drug-likeness (QED) is 0.901. The van der Waals surface area contributed by atoms with Crippen LogP contribution in [0.5, 0.6) is 0 Å². The Morgan fingerprint density at radius 3 is 2.70 bits per heavy atom. The lowest BCUT2D eigenvalue weighted by Gasteiger charge is -2.10. The van der Waals surface area contributed by atoms with Crippen LogP contribution >= 0.6 is 0 Å². The van der Waals surface area contributed by atoms with E-state index in [9.17, 15) is 0 Å². The van der Waals surface area contributed by atoms with E-state index in [0.717, 1.165) is 19.1 Å². The summed E-state index contributed by atoms with van der Waals surface area (Å²) in [6, 6.07) is 7.52. The van der Waals surface area contributed by atoms with Crippen LogP contribution in [-0.4, -0.2) is 15.8 Å². The summed E-state index contributed by atoms with van der Waals surface area (Å²) in [6.07, 6.45) is 4.67. The van der Waals surface area contributed by atoms with Gasteiger partial charge >= 0.3 is 0 Å². The molecule has 1 N–H and O–H groups in total. The van der Waals surface area contributed by atoms with Crippen LogP contribution in [0.15, 0.2) is 24.4 Å². The van der Waals surface area contributed by atoms with Gasteiger partial charge in [-0.3, -0.25) is 4.68 Å². The van der Waals surface area contributed by atoms with Gasteiger partial charge in [-0.1, -0.05) is 12.1 Å². The lowest BCUT2D eigenvalue weighted by molar-refractivity contribution is 0.640. The average molecular weight is 269 g/mol. The van der Waals surface area contributed by atoms with E-state index in [-0.39, 0.29) is 0 Å². The first-order chi connectivity index (χ1) is 9.69. The highest BCUT2D eigenvalue weighted by Crippen LogP contribution is 2.28. The first-order valence-corrected chi connectivity index (χ1v) is 7.54. The Bertz CT molecular complexity index is 609. The van der Waals surface area contributed by atoms with Crippen LogP contribution in [0.1, 0.15) is 36.6 Å². The van der Waals surface area contributed by atoms with E-state index in [1.54, 1.807) is 0 Å². The van der Waals surface area contributed by atoms with E-state index in [1.807, 2.05) is 6.20 Å². The Kier molecular flexibility index (Phi) is 3.62. The van der Waals surface area contributed by atoms with Crippen LogP contribution in [0, 0.1) is 13.8 Å². The number of nitrogens with zero attached hydrogens (tertiary/aromatic N) is 2. The summed E-state index contributed by atoms with van der Waals surface area (Å²) in [5, 5.41) is 8.05. The van der Waals surface area contributed by atoms with Gasteiger partial charge in [-0.15, -0.1) is 0 Å². The van der Waals surface area contributed by atoms with Crippen LogP contribution in [0.3, 0.4) is 0 Å². The highest BCUT2D eigenvalue weighted by Gasteiger charge is 2.20. The molecule has 20 heavy (non-hydrogen) atoms. The Morgan fingerprint density at radius 2 is 2.05 bits per heavy atom. The van der Waals surface area contributed by atoms with E-state index in [1.165, 1.54) is 40.8 Å². The van der Waals surface area contributed by atoms with Crippen LogP contribution in [0.2, 0.25) is 0 Å². The molecule has 0 aliphatic heterocycles. The van der Waals surface area contributed by atoms with E-state index in [4.69, 9.17) is 0 Å². The van der Waals surface area contributed by atoms with Crippen LogP contribution in [0.25, 0.3) is 11.1 Å². The van der Waals surface area contributed by atoms with E-state index in [2.05, 4.69) is 54.1 Å². The minimum Gasteiger partial charge on any atom is -0.310 e. The fraction of sp³-hybridized carbons (Fsp3) is 0.471. The van der Waals surface area contributed by atoms with Crippen molar-refractivity contribution in [1.29, 1.82) is 0 Å². The van der Waals surface area contributed by atoms with Gasteiger partial charge in [-0.05, 0) is 56.4 Å². The number of aromatic nitrogens is 2. The molecule has 0 amide bonds. The van der Waals surface area contributed by atoms with Crippen molar-refractivity contribution in [2.75, 3.05) is 0 Å². The summed E-state index contributed by atoms with van der Waals surface area (Å²) in [6.45, 7) is 8.36. The molecule has 1 saturated carbocycles. The van der Waals surface area contributed by atoms with Gasteiger partial charge in [0.15, 0.2) is 0 Å². The summed E-state index contributed by atoms with van der Waals surface area (Å²) >= 11 is 0. The third kappa shape index (κ3) is 2.63. The SMILES string of the molecule is CCn1ncc(-c2cc(CNC3CC3)ccc2C)c1C. The Morgan fingerprint density at radius 1 is 1.25 bits per heavy atom. The minimum atomic E-state index is 0.754. The Labute approximate surface area is 121 Å². The lowest BCUT2D eigenvalue weighted by atomic mass is 9.98. The van der Waals surface area contributed by atoms with Gasteiger partial charge in [0.05, 0.1) is 6.20 Å². The molecule has 3 heteroatoms. The zero-order valence-electron chi connectivity index (χ0n) is 12.6. The van der Waals surface area contributed by atoms with Gasteiger partial charge in [-0.25, -0.2) is 0 Å². The molecule has 0 bridgehead atoms. The maximum absolute atomic E-state index is 4.47. The largest absolute Gasteiger partial charge is 0.310 e. The standard InChI is InChI=1S/C17H23N3/c1-4-20-13(3)17(11-19-20)16-9-14(6-5-12(16)2)10-18-15-7-8-15/h5-6,9,11,15,18H,4,7-8,10H2,1-3H3. The summed E-state index contributed by atoms with van der Waals surface area (Å²) in [5.74, 6) is 0. The smallest absolute Gasteiger partial charge is 0.0571 e. The van der Waals surface area contributed by atoms with Crippen LogP contribution in [-0.2, 0) is 13.1 Å². The number of hydrogen-bond donors (Lipinski definition) is 1.